The highest BCUT2D eigenvalue weighted by atomic mass is 15.1. The van der Waals surface area contributed by atoms with E-state index < -0.39 is 0 Å². The van der Waals surface area contributed by atoms with Crippen LogP contribution in [0.5, 0.6) is 0 Å². The van der Waals surface area contributed by atoms with Crippen molar-refractivity contribution in [3.05, 3.63) is 23.1 Å². The first-order valence-electron chi connectivity index (χ1n) is 4.42. The molecule has 66 valence electrons. The second-order valence-electron chi connectivity index (χ2n) is 3.44. The molecule has 0 atom stereocenters. The zero-order valence-corrected chi connectivity index (χ0v) is 7.39. The number of fused-ring (bicyclic) bond motifs is 3. The number of hydrogen-bond acceptors (Lipinski definition) is 2. The Morgan fingerprint density at radius 3 is 3.15 bits per heavy atom. The molecular weight excluding hydrogens is 164 g/mol. The van der Waals surface area contributed by atoms with Crippen molar-refractivity contribution in [3.63, 3.8) is 0 Å². The molecule has 0 saturated carbocycles. The molecule has 0 fully saturated rings. The fourth-order valence-corrected chi connectivity index (χ4v) is 1.94. The summed E-state index contributed by atoms with van der Waals surface area (Å²) in [5, 5.41) is 14.3. The molecule has 2 heterocycles. The van der Waals surface area contributed by atoms with Crippen molar-refractivity contribution < 1.29 is 0 Å². The van der Waals surface area contributed by atoms with E-state index in [1.165, 1.54) is 17.0 Å². The summed E-state index contributed by atoms with van der Waals surface area (Å²) in [6.07, 6.45) is 3.96. The van der Waals surface area contributed by atoms with Gasteiger partial charge in [0.25, 0.3) is 0 Å². The minimum atomic E-state index is 1.04. The summed E-state index contributed by atoms with van der Waals surface area (Å²) in [6.45, 7) is 2.07. The minimum absolute atomic E-state index is 1.04. The van der Waals surface area contributed by atoms with Gasteiger partial charge in [-0.3, -0.25) is 10.2 Å². The fraction of sp³-hybridized carbons (Fsp3) is 0.333. The second kappa shape index (κ2) is 2.22. The quantitative estimate of drug-likeness (QED) is 0.630. The van der Waals surface area contributed by atoms with E-state index >= 15 is 0 Å². The monoisotopic (exact) mass is 174 g/mol. The third-order valence-electron chi connectivity index (χ3n) is 2.67. The predicted octanol–water partition coefficient (Wildman–Crippen LogP) is 1.21. The molecule has 0 saturated heterocycles. The Labute approximate surface area is 75.4 Å². The van der Waals surface area contributed by atoms with Crippen molar-refractivity contribution in [3.8, 4) is 11.3 Å². The number of nitrogens with zero attached hydrogens (tertiary/aromatic N) is 2. The van der Waals surface area contributed by atoms with Crippen LogP contribution >= 0.6 is 0 Å². The number of rotatable bonds is 0. The molecule has 2 aromatic rings. The number of aromatic nitrogens is 4. The van der Waals surface area contributed by atoms with E-state index in [2.05, 4.69) is 27.3 Å². The van der Waals surface area contributed by atoms with Gasteiger partial charge in [0.1, 0.15) is 0 Å². The van der Waals surface area contributed by atoms with Crippen molar-refractivity contribution >= 4 is 0 Å². The lowest BCUT2D eigenvalue weighted by atomic mass is 9.95. The highest BCUT2D eigenvalue weighted by Crippen LogP contribution is 2.31. The van der Waals surface area contributed by atoms with E-state index in [1.807, 2.05) is 6.20 Å². The van der Waals surface area contributed by atoms with Crippen molar-refractivity contribution in [1.82, 2.24) is 20.4 Å². The van der Waals surface area contributed by atoms with Gasteiger partial charge in [-0.15, -0.1) is 0 Å². The number of hydrogen-bond donors (Lipinski definition) is 2. The van der Waals surface area contributed by atoms with Crippen LogP contribution in [-0.4, -0.2) is 20.4 Å². The molecule has 4 nitrogen and oxygen atoms in total. The molecular formula is C9H10N4. The lowest BCUT2D eigenvalue weighted by molar-refractivity contribution is 0.877. The van der Waals surface area contributed by atoms with Crippen LogP contribution in [0.3, 0.4) is 0 Å². The van der Waals surface area contributed by atoms with Gasteiger partial charge in [0, 0.05) is 22.5 Å². The molecule has 0 unspecified atom stereocenters. The van der Waals surface area contributed by atoms with Crippen LogP contribution in [-0.2, 0) is 12.8 Å². The van der Waals surface area contributed by atoms with E-state index in [1.54, 1.807) is 0 Å². The molecule has 2 aromatic heterocycles. The number of nitrogens with one attached hydrogen (secondary N) is 2. The highest BCUT2D eigenvalue weighted by Gasteiger charge is 2.21. The van der Waals surface area contributed by atoms with Crippen molar-refractivity contribution in [1.29, 1.82) is 0 Å². The van der Waals surface area contributed by atoms with Gasteiger partial charge in [0.05, 0.1) is 11.9 Å². The molecule has 0 aromatic carbocycles. The van der Waals surface area contributed by atoms with Gasteiger partial charge in [-0.1, -0.05) is 0 Å². The van der Waals surface area contributed by atoms with Crippen LogP contribution in [0.1, 0.15) is 17.0 Å². The van der Waals surface area contributed by atoms with Crippen molar-refractivity contribution in [2.45, 2.75) is 19.8 Å². The zero-order valence-electron chi connectivity index (χ0n) is 7.39. The molecule has 0 spiro atoms. The van der Waals surface area contributed by atoms with E-state index in [0.717, 1.165) is 24.1 Å². The van der Waals surface area contributed by atoms with Gasteiger partial charge in [0.15, 0.2) is 0 Å². The number of H-pyrrole nitrogens is 2. The van der Waals surface area contributed by atoms with Gasteiger partial charge in [-0.05, 0) is 19.8 Å². The largest absolute Gasteiger partial charge is 0.282 e. The second-order valence-corrected chi connectivity index (χ2v) is 3.44. The van der Waals surface area contributed by atoms with Gasteiger partial charge >= 0.3 is 0 Å². The summed E-state index contributed by atoms with van der Waals surface area (Å²) < 4.78 is 0. The smallest absolute Gasteiger partial charge is 0.0989 e. The SMILES string of the molecule is Cc1[nH]nc2c1CCc1[nH]ncc1-2. The first-order chi connectivity index (χ1) is 6.36. The van der Waals surface area contributed by atoms with Crippen LogP contribution in [0.4, 0.5) is 0 Å². The average Bonchev–Trinajstić information content (AvgIpc) is 2.70. The number of aromatic amines is 2. The lowest BCUT2D eigenvalue weighted by Crippen LogP contribution is -2.02. The van der Waals surface area contributed by atoms with Gasteiger partial charge < -0.3 is 0 Å². The average molecular weight is 174 g/mol. The first-order valence-corrected chi connectivity index (χ1v) is 4.42. The summed E-state index contributed by atoms with van der Waals surface area (Å²) in [5.41, 5.74) is 5.97. The zero-order chi connectivity index (χ0) is 8.84. The lowest BCUT2D eigenvalue weighted by Gasteiger charge is -2.09. The summed E-state index contributed by atoms with van der Waals surface area (Å²) in [7, 11) is 0. The maximum absolute atomic E-state index is 4.28. The molecule has 3 rings (SSSR count). The Morgan fingerprint density at radius 2 is 2.23 bits per heavy atom. The topological polar surface area (TPSA) is 57.4 Å². The molecule has 0 amide bonds. The van der Waals surface area contributed by atoms with Crippen LogP contribution in [0, 0.1) is 6.92 Å². The molecule has 0 bridgehead atoms. The minimum Gasteiger partial charge on any atom is -0.282 e. The summed E-state index contributed by atoms with van der Waals surface area (Å²) in [4.78, 5) is 0. The number of aryl methyl sites for hydroxylation is 2. The standard InChI is InChI=1S/C9H10N4/c1-5-6-2-3-8-7(4-10-12-8)9(6)13-11-5/h4H,2-3H2,1H3,(H,10,12)(H,11,13). The molecule has 1 aliphatic rings. The third-order valence-corrected chi connectivity index (χ3v) is 2.67. The molecule has 2 N–H and O–H groups in total. The van der Waals surface area contributed by atoms with Crippen LogP contribution in [0.2, 0.25) is 0 Å². The Kier molecular flexibility index (Phi) is 1.17. The van der Waals surface area contributed by atoms with Gasteiger partial charge in [-0.2, -0.15) is 10.2 Å². The Balaban J connectivity index is 2.31. The normalized spacial score (nSPS) is 13.9. The maximum atomic E-state index is 4.28. The maximum Gasteiger partial charge on any atom is 0.0989 e. The molecule has 1 aliphatic carbocycles. The van der Waals surface area contributed by atoms with E-state index in [4.69, 9.17) is 0 Å². The van der Waals surface area contributed by atoms with E-state index in [-0.39, 0.29) is 0 Å². The Morgan fingerprint density at radius 1 is 1.31 bits per heavy atom. The van der Waals surface area contributed by atoms with Crippen LogP contribution < -0.4 is 0 Å². The predicted molar refractivity (Wildman–Crippen MR) is 48.3 cm³/mol. The highest BCUT2D eigenvalue weighted by molar-refractivity contribution is 5.67. The van der Waals surface area contributed by atoms with E-state index in [9.17, 15) is 0 Å². The van der Waals surface area contributed by atoms with Gasteiger partial charge in [0.2, 0.25) is 0 Å². The Bertz CT molecular complexity index is 452. The van der Waals surface area contributed by atoms with Crippen molar-refractivity contribution in [2.75, 3.05) is 0 Å². The summed E-state index contributed by atoms with van der Waals surface area (Å²) in [6, 6.07) is 0. The summed E-state index contributed by atoms with van der Waals surface area (Å²) >= 11 is 0. The Hall–Kier alpha value is -1.58. The van der Waals surface area contributed by atoms with Gasteiger partial charge in [-0.25, -0.2) is 0 Å². The molecule has 0 radical (unpaired) electrons. The molecule has 4 heteroatoms. The van der Waals surface area contributed by atoms with Crippen LogP contribution in [0.15, 0.2) is 6.20 Å². The first kappa shape index (κ1) is 6.88. The van der Waals surface area contributed by atoms with E-state index in [0.29, 0.717) is 0 Å². The molecule has 13 heavy (non-hydrogen) atoms. The van der Waals surface area contributed by atoms with Crippen LogP contribution in [0.25, 0.3) is 11.3 Å². The molecule has 0 aliphatic heterocycles. The fourth-order valence-electron chi connectivity index (χ4n) is 1.94. The third kappa shape index (κ3) is 0.798. The summed E-state index contributed by atoms with van der Waals surface area (Å²) in [5.74, 6) is 0. The van der Waals surface area contributed by atoms with Crippen molar-refractivity contribution in [2.24, 2.45) is 0 Å².